The molecule has 2 atom stereocenters. The SMILES string of the molecule is CCC(C)NC(=NCCc1ccco1)NC(C)c1ccc(OC)c(F)c1.I. The molecule has 0 aliphatic rings. The Morgan fingerprint density at radius 3 is 2.63 bits per heavy atom. The lowest BCUT2D eigenvalue weighted by atomic mass is 10.1. The summed E-state index contributed by atoms with van der Waals surface area (Å²) >= 11 is 0. The van der Waals surface area contributed by atoms with Crippen molar-refractivity contribution in [3.63, 3.8) is 0 Å². The molecule has 0 amide bonds. The fourth-order valence-corrected chi connectivity index (χ4v) is 2.44. The van der Waals surface area contributed by atoms with Gasteiger partial charge in [0.05, 0.1) is 19.4 Å². The van der Waals surface area contributed by atoms with Crippen molar-refractivity contribution in [2.45, 2.75) is 45.7 Å². The summed E-state index contributed by atoms with van der Waals surface area (Å²) in [6.45, 7) is 6.78. The third-order valence-electron chi connectivity index (χ3n) is 4.23. The van der Waals surface area contributed by atoms with E-state index in [9.17, 15) is 4.39 Å². The minimum Gasteiger partial charge on any atom is -0.494 e. The lowest BCUT2D eigenvalue weighted by Gasteiger charge is -2.21. The van der Waals surface area contributed by atoms with E-state index in [4.69, 9.17) is 9.15 Å². The molecule has 150 valence electrons. The number of furan rings is 1. The van der Waals surface area contributed by atoms with Gasteiger partial charge in [0, 0.05) is 19.0 Å². The highest BCUT2D eigenvalue weighted by molar-refractivity contribution is 14.0. The maximum absolute atomic E-state index is 14.0. The monoisotopic (exact) mass is 489 g/mol. The normalized spacial score (nSPS) is 13.4. The number of hydrogen-bond acceptors (Lipinski definition) is 3. The largest absolute Gasteiger partial charge is 0.494 e. The third-order valence-corrected chi connectivity index (χ3v) is 4.23. The van der Waals surface area contributed by atoms with Gasteiger partial charge in [-0.2, -0.15) is 0 Å². The first-order valence-corrected chi connectivity index (χ1v) is 8.96. The molecule has 2 N–H and O–H groups in total. The Morgan fingerprint density at radius 1 is 1.26 bits per heavy atom. The fraction of sp³-hybridized carbons (Fsp3) is 0.450. The van der Waals surface area contributed by atoms with Gasteiger partial charge in [-0.3, -0.25) is 4.99 Å². The van der Waals surface area contributed by atoms with Crippen LogP contribution in [0.3, 0.4) is 0 Å². The van der Waals surface area contributed by atoms with E-state index in [2.05, 4.69) is 29.5 Å². The standard InChI is InChI=1S/C20H28FN3O2.HI/c1-5-14(2)23-20(22-11-10-17-7-6-12-26-17)24-15(3)16-8-9-19(25-4)18(21)13-16;/h6-9,12-15H,5,10-11H2,1-4H3,(H2,22,23,24);1H. The molecule has 0 saturated carbocycles. The van der Waals surface area contributed by atoms with Gasteiger partial charge in [0.1, 0.15) is 5.76 Å². The number of aliphatic imine (C=N–C) groups is 1. The molecule has 0 radical (unpaired) electrons. The zero-order valence-corrected chi connectivity index (χ0v) is 18.6. The summed E-state index contributed by atoms with van der Waals surface area (Å²) in [7, 11) is 1.46. The predicted octanol–water partition coefficient (Wildman–Crippen LogP) is 4.68. The number of rotatable bonds is 8. The minimum absolute atomic E-state index is 0. The van der Waals surface area contributed by atoms with Crippen LogP contribution in [0, 0.1) is 5.82 Å². The molecule has 1 aromatic heterocycles. The number of hydrogen-bond donors (Lipinski definition) is 2. The summed E-state index contributed by atoms with van der Waals surface area (Å²) in [6, 6.07) is 8.96. The Kier molecular flexibility index (Phi) is 10.2. The van der Waals surface area contributed by atoms with Gasteiger partial charge in [0.2, 0.25) is 0 Å². The van der Waals surface area contributed by atoms with Crippen LogP contribution in [0.1, 0.15) is 44.6 Å². The molecule has 2 aromatic rings. The Labute approximate surface area is 177 Å². The van der Waals surface area contributed by atoms with Crippen LogP contribution in [0.15, 0.2) is 46.0 Å². The van der Waals surface area contributed by atoms with Crippen molar-refractivity contribution in [3.8, 4) is 5.75 Å². The van der Waals surface area contributed by atoms with Gasteiger partial charge in [0.25, 0.3) is 0 Å². The van der Waals surface area contributed by atoms with Gasteiger partial charge in [-0.05, 0) is 50.1 Å². The highest BCUT2D eigenvalue weighted by atomic mass is 127. The van der Waals surface area contributed by atoms with Crippen molar-refractivity contribution in [1.82, 2.24) is 10.6 Å². The van der Waals surface area contributed by atoms with Crippen LogP contribution in [-0.2, 0) is 6.42 Å². The van der Waals surface area contributed by atoms with Gasteiger partial charge >= 0.3 is 0 Å². The molecule has 0 fully saturated rings. The summed E-state index contributed by atoms with van der Waals surface area (Å²) in [5.41, 5.74) is 0.827. The number of ether oxygens (including phenoxy) is 1. The van der Waals surface area contributed by atoms with Crippen LogP contribution >= 0.6 is 24.0 Å². The van der Waals surface area contributed by atoms with Crippen LogP contribution in [0.2, 0.25) is 0 Å². The Balaban J connectivity index is 0.00000364. The lowest BCUT2D eigenvalue weighted by molar-refractivity contribution is 0.386. The molecule has 0 aliphatic heterocycles. The molecule has 7 heteroatoms. The summed E-state index contributed by atoms with van der Waals surface area (Å²) in [5.74, 6) is 1.48. The Morgan fingerprint density at radius 2 is 2.04 bits per heavy atom. The molecule has 0 aliphatic carbocycles. The van der Waals surface area contributed by atoms with Crippen LogP contribution in [0.5, 0.6) is 5.75 Å². The smallest absolute Gasteiger partial charge is 0.191 e. The molecule has 0 saturated heterocycles. The number of guanidine groups is 1. The van der Waals surface area contributed by atoms with Crippen LogP contribution in [0.4, 0.5) is 4.39 Å². The Hall–Kier alpha value is -1.77. The van der Waals surface area contributed by atoms with E-state index in [-0.39, 0.29) is 47.6 Å². The summed E-state index contributed by atoms with van der Waals surface area (Å²) in [5, 5.41) is 6.72. The van der Waals surface area contributed by atoms with Gasteiger partial charge < -0.3 is 19.8 Å². The molecule has 2 unspecified atom stereocenters. The van der Waals surface area contributed by atoms with Gasteiger partial charge in [-0.15, -0.1) is 24.0 Å². The minimum atomic E-state index is -0.371. The average molecular weight is 489 g/mol. The molecule has 0 bridgehead atoms. The second kappa shape index (κ2) is 11.8. The van der Waals surface area contributed by atoms with Gasteiger partial charge in [-0.25, -0.2) is 4.39 Å². The molecule has 5 nitrogen and oxygen atoms in total. The van der Waals surface area contributed by atoms with Crippen molar-refractivity contribution < 1.29 is 13.5 Å². The average Bonchev–Trinajstić information content (AvgIpc) is 3.14. The molecule has 2 rings (SSSR count). The second-order valence-electron chi connectivity index (χ2n) is 6.27. The number of halogens is 2. The predicted molar refractivity (Wildman–Crippen MR) is 118 cm³/mol. The first-order chi connectivity index (χ1) is 12.5. The second-order valence-corrected chi connectivity index (χ2v) is 6.27. The first kappa shape index (κ1) is 23.3. The molecule has 0 spiro atoms. The highest BCUT2D eigenvalue weighted by Crippen LogP contribution is 2.21. The van der Waals surface area contributed by atoms with Crippen molar-refractivity contribution in [2.75, 3.05) is 13.7 Å². The lowest BCUT2D eigenvalue weighted by Crippen LogP contribution is -2.43. The topological polar surface area (TPSA) is 58.8 Å². The van der Waals surface area contributed by atoms with E-state index >= 15 is 0 Å². The molecule has 1 aromatic carbocycles. The van der Waals surface area contributed by atoms with E-state index in [0.29, 0.717) is 12.5 Å². The Bertz CT molecular complexity index is 707. The molecular formula is C20H29FIN3O2. The van der Waals surface area contributed by atoms with E-state index in [1.165, 1.54) is 13.2 Å². The van der Waals surface area contributed by atoms with Crippen molar-refractivity contribution in [3.05, 3.63) is 53.7 Å². The van der Waals surface area contributed by atoms with E-state index in [0.717, 1.165) is 24.2 Å². The third kappa shape index (κ3) is 7.40. The first-order valence-electron chi connectivity index (χ1n) is 8.96. The summed E-state index contributed by atoms with van der Waals surface area (Å²) in [6.07, 6.45) is 3.37. The fourth-order valence-electron chi connectivity index (χ4n) is 2.44. The zero-order chi connectivity index (χ0) is 18.9. The molecular weight excluding hydrogens is 460 g/mol. The van der Waals surface area contributed by atoms with Gasteiger partial charge in [-0.1, -0.05) is 13.0 Å². The van der Waals surface area contributed by atoms with E-state index in [1.54, 1.807) is 12.3 Å². The highest BCUT2D eigenvalue weighted by Gasteiger charge is 2.12. The molecule has 27 heavy (non-hydrogen) atoms. The van der Waals surface area contributed by atoms with Crippen molar-refractivity contribution in [2.24, 2.45) is 4.99 Å². The summed E-state index contributed by atoms with van der Waals surface area (Å²) < 4.78 is 24.3. The quantitative estimate of drug-likeness (QED) is 0.321. The van der Waals surface area contributed by atoms with Gasteiger partial charge in [0.15, 0.2) is 17.5 Å². The zero-order valence-electron chi connectivity index (χ0n) is 16.3. The van der Waals surface area contributed by atoms with Crippen molar-refractivity contribution >= 4 is 29.9 Å². The number of nitrogens with one attached hydrogen (secondary N) is 2. The molecule has 1 heterocycles. The maximum atomic E-state index is 14.0. The summed E-state index contributed by atoms with van der Waals surface area (Å²) in [4.78, 5) is 4.62. The number of methoxy groups -OCH3 is 1. The van der Waals surface area contributed by atoms with Crippen molar-refractivity contribution in [1.29, 1.82) is 0 Å². The van der Waals surface area contributed by atoms with E-state index < -0.39 is 0 Å². The van der Waals surface area contributed by atoms with Crippen LogP contribution in [-0.4, -0.2) is 25.7 Å². The van der Waals surface area contributed by atoms with E-state index in [1.807, 2.05) is 25.1 Å². The van der Waals surface area contributed by atoms with Crippen LogP contribution < -0.4 is 15.4 Å². The van der Waals surface area contributed by atoms with Crippen LogP contribution in [0.25, 0.3) is 0 Å². The number of nitrogens with zero attached hydrogens (tertiary/aromatic N) is 1. The maximum Gasteiger partial charge on any atom is 0.191 e. The number of benzene rings is 1.